The molecule has 0 N–H and O–H groups in total. The quantitative estimate of drug-likeness (QED) is 0.499. The van der Waals surface area contributed by atoms with Crippen LogP contribution in [0.25, 0.3) is 0 Å². The van der Waals surface area contributed by atoms with Gasteiger partial charge in [0.1, 0.15) is 11.5 Å². The summed E-state index contributed by atoms with van der Waals surface area (Å²) in [6.07, 6.45) is -0.110. The van der Waals surface area contributed by atoms with Crippen LogP contribution in [0, 0.1) is 0 Å². The zero-order chi connectivity index (χ0) is 20.7. The molecule has 0 saturated carbocycles. The summed E-state index contributed by atoms with van der Waals surface area (Å²) in [5.74, 6) is 1.29. The highest BCUT2D eigenvalue weighted by molar-refractivity contribution is 9.10. The predicted molar refractivity (Wildman–Crippen MR) is 118 cm³/mol. The Balaban J connectivity index is 1.55. The molecule has 0 aliphatic carbocycles. The maximum Gasteiger partial charge on any atom is 0.251 e. The highest BCUT2D eigenvalue weighted by Gasteiger charge is 2.43. The van der Waals surface area contributed by atoms with Gasteiger partial charge in [0.2, 0.25) is 5.78 Å². The number of methoxy groups -OCH3 is 1. The van der Waals surface area contributed by atoms with E-state index < -0.39 is 6.23 Å². The van der Waals surface area contributed by atoms with E-state index in [4.69, 9.17) is 14.6 Å². The number of fused-ring (bicyclic) bond motifs is 3. The summed E-state index contributed by atoms with van der Waals surface area (Å²) in [5.41, 5.74) is 3.59. The molecule has 0 saturated heterocycles. The van der Waals surface area contributed by atoms with Crippen LogP contribution in [0.1, 0.15) is 33.9 Å². The Morgan fingerprint density at radius 1 is 1.10 bits per heavy atom. The summed E-state index contributed by atoms with van der Waals surface area (Å²) in [7, 11) is 1.60. The number of ether oxygens (including phenoxy) is 2. The number of carbonyl (C=O) groups excluding carboxylic acids is 1. The summed E-state index contributed by atoms with van der Waals surface area (Å²) < 4.78 is 12.4. The second-order valence-electron chi connectivity index (χ2n) is 7.26. The van der Waals surface area contributed by atoms with Crippen molar-refractivity contribution >= 4 is 27.4 Å². The third-order valence-corrected chi connectivity index (χ3v) is 5.95. The molecule has 150 valence electrons. The highest BCUT2D eigenvalue weighted by Crippen LogP contribution is 2.44. The van der Waals surface area contributed by atoms with E-state index in [0.29, 0.717) is 17.7 Å². The average molecular weight is 463 g/mol. The molecule has 0 aromatic heterocycles. The number of nitrogens with zero attached hydrogens (tertiary/aromatic N) is 2. The Morgan fingerprint density at radius 2 is 1.87 bits per heavy atom. The second-order valence-corrected chi connectivity index (χ2v) is 8.17. The summed E-state index contributed by atoms with van der Waals surface area (Å²) in [6, 6.07) is 23.0. The molecule has 6 heteroatoms. The molecule has 30 heavy (non-hydrogen) atoms. The van der Waals surface area contributed by atoms with Gasteiger partial charge >= 0.3 is 0 Å². The Hall–Kier alpha value is -3.12. The van der Waals surface area contributed by atoms with Gasteiger partial charge in [0.05, 0.1) is 18.9 Å². The van der Waals surface area contributed by atoms with Gasteiger partial charge < -0.3 is 9.47 Å². The number of hydrazone groups is 1. The Labute approximate surface area is 183 Å². The lowest BCUT2D eigenvalue weighted by atomic mass is 9.96. The molecule has 0 amide bonds. The van der Waals surface area contributed by atoms with Gasteiger partial charge in [-0.3, -0.25) is 4.79 Å². The monoisotopic (exact) mass is 462 g/mol. The zero-order valence-electron chi connectivity index (χ0n) is 16.3. The number of hydrogen-bond acceptors (Lipinski definition) is 5. The molecule has 2 atom stereocenters. The summed E-state index contributed by atoms with van der Waals surface area (Å²) in [6.45, 7) is 0. The van der Waals surface area contributed by atoms with E-state index in [-0.39, 0.29) is 11.8 Å². The average Bonchev–Trinajstić information content (AvgIpc) is 3.25. The van der Waals surface area contributed by atoms with Gasteiger partial charge in [-0.25, -0.2) is 5.01 Å². The predicted octanol–water partition coefficient (Wildman–Crippen LogP) is 5.21. The van der Waals surface area contributed by atoms with Crippen LogP contribution in [0.15, 0.2) is 82.4 Å². The molecular formula is C24H19BrN2O3. The van der Waals surface area contributed by atoms with Crippen molar-refractivity contribution in [2.75, 3.05) is 7.11 Å². The number of halogens is 1. The van der Waals surface area contributed by atoms with Crippen LogP contribution in [0.4, 0.5) is 0 Å². The highest BCUT2D eigenvalue weighted by atomic mass is 79.9. The van der Waals surface area contributed by atoms with Crippen LogP contribution < -0.4 is 9.47 Å². The number of benzene rings is 3. The standard InChI is InChI=1S/C24H19BrN2O3/c1-29-18-10-7-16(8-11-18)23(28)24-27-21(19-13-17(25)9-12-22(19)30-24)14-20(26-27)15-5-3-2-4-6-15/h2-13,21,24H,14H2,1H3/t21-,24-/m0/s1. The maximum absolute atomic E-state index is 13.4. The van der Waals surface area contributed by atoms with E-state index in [0.717, 1.165) is 27.1 Å². The van der Waals surface area contributed by atoms with Gasteiger partial charge in [0, 0.05) is 22.0 Å². The minimum absolute atomic E-state index is 0.0614. The van der Waals surface area contributed by atoms with Crippen molar-refractivity contribution in [3.63, 3.8) is 0 Å². The van der Waals surface area contributed by atoms with E-state index in [2.05, 4.69) is 15.9 Å². The molecule has 2 aliphatic rings. The van der Waals surface area contributed by atoms with Crippen LogP contribution in [-0.4, -0.2) is 29.8 Å². The van der Waals surface area contributed by atoms with E-state index >= 15 is 0 Å². The third-order valence-electron chi connectivity index (χ3n) is 5.46. The van der Waals surface area contributed by atoms with E-state index in [9.17, 15) is 4.79 Å². The molecule has 2 aliphatic heterocycles. The fourth-order valence-electron chi connectivity index (χ4n) is 3.93. The van der Waals surface area contributed by atoms with Crippen molar-refractivity contribution in [2.45, 2.75) is 18.7 Å². The van der Waals surface area contributed by atoms with Gasteiger partial charge in [-0.1, -0.05) is 46.3 Å². The van der Waals surface area contributed by atoms with Crippen LogP contribution in [0.5, 0.6) is 11.5 Å². The Kier molecular flexibility index (Phi) is 4.79. The number of Topliss-reactive ketones (excluding diaryl/α,β-unsaturated/α-hetero) is 1. The Morgan fingerprint density at radius 3 is 2.60 bits per heavy atom. The first-order valence-corrected chi connectivity index (χ1v) is 10.5. The van der Waals surface area contributed by atoms with E-state index in [1.807, 2.05) is 53.5 Å². The van der Waals surface area contributed by atoms with Gasteiger partial charge in [0.15, 0.2) is 0 Å². The molecule has 3 aromatic rings. The van der Waals surface area contributed by atoms with Gasteiger partial charge in [-0.15, -0.1) is 0 Å². The largest absolute Gasteiger partial charge is 0.497 e. The number of hydrogen-bond donors (Lipinski definition) is 0. The Bertz CT molecular complexity index is 1130. The van der Waals surface area contributed by atoms with Crippen molar-refractivity contribution in [2.24, 2.45) is 5.10 Å². The first kappa shape index (κ1) is 18.9. The second kappa shape index (κ2) is 7.61. The van der Waals surface area contributed by atoms with Crippen molar-refractivity contribution in [3.8, 4) is 11.5 Å². The molecule has 0 unspecified atom stereocenters. The molecule has 2 heterocycles. The SMILES string of the molecule is COc1ccc(C(=O)[C@@H]2Oc3ccc(Br)cc3[C@@H]3CC(c4ccccc4)=NN23)cc1. The lowest BCUT2D eigenvalue weighted by molar-refractivity contribution is -0.00459. The fraction of sp³-hybridized carbons (Fsp3) is 0.167. The molecule has 5 nitrogen and oxygen atoms in total. The maximum atomic E-state index is 13.4. The van der Waals surface area contributed by atoms with Crippen molar-refractivity contribution < 1.29 is 14.3 Å². The van der Waals surface area contributed by atoms with Crippen LogP contribution >= 0.6 is 15.9 Å². The van der Waals surface area contributed by atoms with Crippen LogP contribution in [0.3, 0.4) is 0 Å². The lowest BCUT2D eigenvalue weighted by Crippen LogP contribution is -2.45. The normalized spacial score (nSPS) is 19.4. The topological polar surface area (TPSA) is 51.1 Å². The molecule has 0 radical (unpaired) electrons. The fourth-order valence-corrected chi connectivity index (χ4v) is 4.31. The van der Waals surface area contributed by atoms with Crippen LogP contribution in [-0.2, 0) is 0 Å². The first-order chi connectivity index (χ1) is 14.6. The molecule has 3 aromatic carbocycles. The molecule has 5 rings (SSSR count). The van der Waals surface area contributed by atoms with E-state index in [1.54, 1.807) is 31.4 Å². The van der Waals surface area contributed by atoms with Gasteiger partial charge in [-0.2, -0.15) is 5.10 Å². The molecule has 0 fully saturated rings. The van der Waals surface area contributed by atoms with Crippen molar-refractivity contribution in [1.82, 2.24) is 5.01 Å². The first-order valence-electron chi connectivity index (χ1n) is 9.69. The summed E-state index contributed by atoms with van der Waals surface area (Å²) in [5, 5.41) is 6.64. The number of rotatable bonds is 4. The summed E-state index contributed by atoms with van der Waals surface area (Å²) >= 11 is 3.55. The van der Waals surface area contributed by atoms with E-state index in [1.165, 1.54) is 0 Å². The smallest absolute Gasteiger partial charge is 0.251 e. The third kappa shape index (κ3) is 3.27. The van der Waals surface area contributed by atoms with Crippen molar-refractivity contribution in [3.05, 3.63) is 94.0 Å². The lowest BCUT2D eigenvalue weighted by Gasteiger charge is -2.37. The van der Waals surface area contributed by atoms with Gasteiger partial charge in [-0.05, 0) is 48.0 Å². The molecule has 0 spiro atoms. The number of carbonyl (C=O) groups is 1. The van der Waals surface area contributed by atoms with Gasteiger partial charge in [0.25, 0.3) is 6.23 Å². The minimum atomic E-state index is -0.821. The van der Waals surface area contributed by atoms with Crippen molar-refractivity contribution in [1.29, 1.82) is 0 Å². The molecule has 0 bridgehead atoms. The summed E-state index contributed by atoms with van der Waals surface area (Å²) in [4.78, 5) is 13.4. The number of ketones is 1. The van der Waals surface area contributed by atoms with Crippen LogP contribution in [0.2, 0.25) is 0 Å². The zero-order valence-corrected chi connectivity index (χ0v) is 17.9. The molecular weight excluding hydrogens is 444 g/mol. The minimum Gasteiger partial charge on any atom is -0.497 e.